The second-order valence-electron chi connectivity index (χ2n) is 5.73. The molecule has 1 saturated carbocycles. The van der Waals surface area contributed by atoms with E-state index >= 15 is 0 Å². The predicted molar refractivity (Wildman–Crippen MR) is 98.0 cm³/mol. The largest absolute Gasteiger partial charge is 0.375 e. The number of nitrogens with one attached hydrogen (secondary N) is 1. The fraction of sp³-hybridized carbons (Fsp3) is 0.600. The molecule has 0 spiro atoms. The highest BCUT2D eigenvalue weighted by Crippen LogP contribution is 2.33. The Morgan fingerprint density at radius 1 is 1.42 bits per heavy atom. The van der Waals surface area contributed by atoms with Gasteiger partial charge in [0.25, 0.3) is 0 Å². The first-order chi connectivity index (χ1) is 11.7. The lowest BCUT2D eigenvalue weighted by molar-refractivity contribution is 0.461. The summed E-state index contributed by atoms with van der Waals surface area (Å²) in [5.74, 6) is 1.07. The third kappa shape index (κ3) is 3.68. The summed E-state index contributed by atoms with van der Waals surface area (Å²) < 4.78 is 6.33. The molecule has 0 radical (unpaired) electrons. The molecule has 2 aromatic heterocycles. The first kappa shape index (κ1) is 17.5. The van der Waals surface area contributed by atoms with Gasteiger partial charge >= 0.3 is 0 Å². The Kier molecular flexibility index (Phi) is 5.98. The molecule has 1 N–H and O–H groups in total. The number of nitriles is 1. The Balaban J connectivity index is 1.59. The minimum absolute atomic E-state index is 0.274. The standard InChI is InChI=1S/C15H19ClN6S2/c1-23-15-20-19-12(22(15)10-5-2-3-6-10)7-4-8-18-14-11(9-17)13(16)21-24-14/h10,18H,2-8H2,1H3. The van der Waals surface area contributed by atoms with Gasteiger partial charge in [0.1, 0.15) is 22.5 Å². The number of aryl methyl sites for hydroxylation is 1. The molecule has 0 atom stereocenters. The van der Waals surface area contributed by atoms with Crippen molar-refractivity contribution in [3.63, 3.8) is 0 Å². The highest BCUT2D eigenvalue weighted by molar-refractivity contribution is 7.98. The van der Waals surface area contributed by atoms with Crippen molar-refractivity contribution in [1.29, 1.82) is 5.26 Å². The summed E-state index contributed by atoms with van der Waals surface area (Å²) >= 11 is 8.77. The van der Waals surface area contributed by atoms with Gasteiger partial charge in [0.2, 0.25) is 0 Å². The van der Waals surface area contributed by atoms with Gasteiger partial charge in [-0.1, -0.05) is 36.2 Å². The second-order valence-corrected chi connectivity index (χ2v) is 7.64. The number of thioether (sulfide) groups is 1. The first-order valence-electron chi connectivity index (χ1n) is 8.01. The molecule has 1 fully saturated rings. The van der Waals surface area contributed by atoms with Crippen molar-refractivity contribution in [2.45, 2.75) is 49.7 Å². The van der Waals surface area contributed by atoms with E-state index in [1.54, 1.807) is 11.8 Å². The smallest absolute Gasteiger partial charge is 0.191 e. The third-order valence-electron chi connectivity index (χ3n) is 4.23. The van der Waals surface area contributed by atoms with Crippen LogP contribution in [0.2, 0.25) is 5.15 Å². The van der Waals surface area contributed by atoms with E-state index in [0.29, 0.717) is 11.6 Å². The van der Waals surface area contributed by atoms with Gasteiger partial charge in [-0.05, 0) is 37.1 Å². The molecule has 2 aromatic rings. The summed E-state index contributed by atoms with van der Waals surface area (Å²) in [6, 6.07) is 2.64. The summed E-state index contributed by atoms with van der Waals surface area (Å²) in [5, 5.41) is 23.1. The molecule has 0 saturated heterocycles. The minimum Gasteiger partial charge on any atom is -0.375 e. The van der Waals surface area contributed by atoms with Crippen molar-refractivity contribution in [3.8, 4) is 6.07 Å². The van der Waals surface area contributed by atoms with Gasteiger partial charge in [-0.25, -0.2) is 0 Å². The average Bonchev–Trinajstić information content (AvgIpc) is 3.31. The molecular formula is C15H19ClN6S2. The molecule has 0 amide bonds. The number of aromatic nitrogens is 4. The molecule has 128 valence electrons. The highest BCUT2D eigenvalue weighted by Gasteiger charge is 2.23. The monoisotopic (exact) mass is 382 g/mol. The van der Waals surface area contributed by atoms with Crippen LogP contribution in [0, 0.1) is 11.3 Å². The van der Waals surface area contributed by atoms with E-state index < -0.39 is 0 Å². The number of hydrogen-bond acceptors (Lipinski definition) is 7. The third-order valence-corrected chi connectivity index (χ3v) is 6.05. The van der Waals surface area contributed by atoms with E-state index in [1.165, 1.54) is 37.2 Å². The van der Waals surface area contributed by atoms with Crippen LogP contribution in [0.4, 0.5) is 5.00 Å². The number of nitrogens with zero attached hydrogens (tertiary/aromatic N) is 5. The molecule has 0 aromatic carbocycles. The molecule has 0 aliphatic heterocycles. The van der Waals surface area contributed by atoms with Gasteiger partial charge in [0.05, 0.1) is 0 Å². The van der Waals surface area contributed by atoms with E-state index in [9.17, 15) is 0 Å². The maximum atomic E-state index is 9.08. The van der Waals surface area contributed by atoms with Gasteiger partial charge in [-0.3, -0.25) is 0 Å². The molecule has 24 heavy (non-hydrogen) atoms. The molecule has 1 aliphatic carbocycles. The average molecular weight is 383 g/mol. The molecule has 9 heteroatoms. The quantitative estimate of drug-likeness (QED) is 0.572. The Morgan fingerprint density at radius 3 is 2.92 bits per heavy atom. The summed E-state index contributed by atoms with van der Waals surface area (Å²) in [6.07, 6.45) is 8.87. The van der Waals surface area contributed by atoms with Crippen LogP contribution in [0.3, 0.4) is 0 Å². The lowest BCUT2D eigenvalue weighted by Crippen LogP contribution is -2.12. The van der Waals surface area contributed by atoms with Crippen LogP contribution in [-0.4, -0.2) is 31.9 Å². The zero-order chi connectivity index (χ0) is 16.9. The Morgan fingerprint density at radius 2 is 2.21 bits per heavy atom. The van der Waals surface area contributed by atoms with Crippen LogP contribution < -0.4 is 5.32 Å². The number of anilines is 1. The van der Waals surface area contributed by atoms with Crippen LogP contribution in [0.15, 0.2) is 5.16 Å². The molecule has 2 heterocycles. The maximum absolute atomic E-state index is 9.08. The van der Waals surface area contributed by atoms with Gasteiger partial charge in [0.15, 0.2) is 10.3 Å². The first-order valence-corrected chi connectivity index (χ1v) is 10.4. The van der Waals surface area contributed by atoms with E-state index in [1.807, 2.05) is 0 Å². The van der Waals surface area contributed by atoms with Gasteiger partial charge in [-0.15, -0.1) is 10.2 Å². The molecule has 1 aliphatic rings. The summed E-state index contributed by atoms with van der Waals surface area (Å²) in [5.41, 5.74) is 0.431. The minimum atomic E-state index is 0.274. The Labute approximate surface area is 154 Å². The zero-order valence-electron chi connectivity index (χ0n) is 13.5. The molecular weight excluding hydrogens is 364 g/mol. The topological polar surface area (TPSA) is 79.4 Å². The Bertz CT molecular complexity index is 729. The fourth-order valence-corrected chi connectivity index (χ4v) is 4.62. The molecule has 3 rings (SSSR count). The lowest BCUT2D eigenvalue weighted by Gasteiger charge is -2.16. The maximum Gasteiger partial charge on any atom is 0.191 e. The SMILES string of the molecule is CSc1nnc(CCCNc2snc(Cl)c2C#N)n1C1CCCC1. The van der Waals surface area contributed by atoms with Gasteiger partial charge in [0, 0.05) is 19.0 Å². The number of rotatable bonds is 7. The van der Waals surface area contributed by atoms with Crippen molar-refractivity contribution in [2.24, 2.45) is 0 Å². The van der Waals surface area contributed by atoms with Crippen molar-refractivity contribution < 1.29 is 0 Å². The van der Waals surface area contributed by atoms with Crippen molar-refractivity contribution in [2.75, 3.05) is 18.1 Å². The normalized spacial score (nSPS) is 14.9. The number of hydrogen-bond donors (Lipinski definition) is 1. The van der Waals surface area contributed by atoms with Crippen molar-refractivity contribution in [3.05, 3.63) is 16.5 Å². The Hall–Kier alpha value is -1.30. The lowest BCUT2D eigenvalue weighted by atomic mass is 10.2. The second kappa shape index (κ2) is 8.19. The van der Waals surface area contributed by atoms with Crippen LogP contribution in [-0.2, 0) is 6.42 Å². The molecule has 0 bridgehead atoms. The zero-order valence-corrected chi connectivity index (χ0v) is 15.8. The molecule has 0 unspecified atom stereocenters. The predicted octanol–water partition coefficient (Wildman–Crippen LogP) is 4.14. The van der Waals surface area contributed by atoms with Crippen molar-refractivity contribution >= 4 is 39.9 Å². The van der Waals surface area contributed by atoms with Crippen LogP contribution in [0.25, 0.3) is 0 Å². The highest BCUT2D eigenvalue weighted by atomic mass is 35.5. The van der Waals surface area contributed by atoms with Crippen LogP contribution >= 0.6 is 34.9 Å². The summed E-state index contributed by atoms with van der Waals surface area (Å²) in [6.45, 7) is 0.749. The van der Waals surface area contributed by atoms with E-state index in [-0.39, 0.29) is 5.15 Å². The molecule has 6 nitrogen and oxygen atoms in total. The summed E-state index contributed by atoms with van der Waals surface area (Å²) in [4.78, 5) is 0. The van der Waals surface area contributed by atoms with Crippen molar-refractivity contribution in [1.82, 2.24) is 19.1 Å². The van der Waals surface area contributed by atoms with E-state index in [2.05, 4.69) is 36.8 Å². The van der Waals surface area contributed by atoms with E-state index in [4.69, 9.17) is 16.9 Å². The van der Waals surface area contributed by atoms with E-state index in [0.717, 1.165) is 35.4 Å². The van der Waals surface area contributed by atoms with Crippen LogP contribution in [0.1, 0.15) is 49.5 Å². The fourth-order valence-electron chi connectivity index (χ4n) is 3.08. The van der Waals surface area contributed by atoms with Gasteiger partial charge in [-0.2, -0.15) is 9.64 Å². The summed E-state index contributed by atoms with van der Waals surface area (Å²) in [7, 11) is 0. The van der Waals surface area contributed by atoms with Crippen LogP contribution in [0.5, 0.6) is 0 Å². The van der Waals surface area contributed by atoms with Gasteiger partial charge < -0.3 is 9.88 Å². The number of halogens is 1.